The fourth-order valence-electron chi connectivity index (χ4n) is 1.93. The molecule has 0 saturated carbocycles. The molecule has 1 amide bonds. The largest absolute Gasteiger partial charge is 0.448 e. The second-order valence-corrected chi connectivity index (χ2v) is 9.89. The number of hydrogen-bond acceptors (Lipinski definition) is 4. The SMILES string of the molecule is CCN(SN(C)C(=O)F)P(=S)(Oc1ccccc1)c1ccccc1. The van der Waals surface area contributed by atoms with Crippen molar-refractivity contribution >= 4 is 41.8 Å². The van der Waals surface area contributed by atoms with Crippen LogP contribution in [0.3, 0.4) is 0 Å². The van der Waals surface area contributed by atoms with Gasteiger partial charge >= 0.3 is 6.16 Å². The highest BCUT2D eigenvalue weighted by Crippen LogP contribution is 2.53. The van der Waals surface area contributed by atoms with Gasteiger partial charge in [0, 0.05) is 18.9 Å². The lowest BCUT2D eigenvalue weighted by atomic mass is 10.3. The molecule has 0 heterocycles. The summed E-state index contributed by atoms with van der Waals surface area (Å²) < 4.78 is 21.8. The summed E-state index contributed by atoms with van der Waals surface area (Å²) in [7, 11) is 1.36. The molecular weight excluding hydrogens is 366 g/mol. The van der Waals surface area contributed by atoms with Gasteiger partial charge in [-0.05, 0) is 36.1 Å². The summed E-state index contributed by atoms with van der Waals surface area (Å²) in [4.78, 5) is 11.0. The summed E-state index contributed by atoms with van der Waals surface area (Å²) in [5.74, 6) is 0.637. The van der Waals surface area contributed by atoms with Gasteiger partial charge in [0.25, 0.3) is 0 Å². The fourth-order valence-corrected chi connectivity index (χ4v) is 6.51. The van der Waals surface area contributed by atoms with Gasteiger partial charge in [-0.25, -0.2) is 9.10 Å². The van der Waals surface area contributed by atoms with Crippen molar-refractivity contribution in [1.82, 2.24) is 8.38 Å². The van der Waals surface area contributed by atoms with Gasteiger partial charge in [0.1, 0.15) is 5.75 Å². The predicted octanol–water partition coefficient (Wildman–Crippen LogP) is 4.61. The van der Waals surface area contributed by atoms with Crippen molar-refractivity contribution in [2.24, 2.45) is 0 Å². The third-order valence-corrected chi connectivity index (χ3v) is 8.86. The van der Waals surface area contributed by atoms with E-state index in [4.69, 9.17) is 16.3 Å². The Hall–Kier alpha value is -1.40. The van der Waals surface area contributed by atoms with Crippen molar-refractivity contribution in [3.05, 3.63) is 60.7 Å². The summed E-state index contributed by atoms with van der Waals surface area (Å²) in [5.41, 5.74) is 0. The molecule has 1 atom stereocenters. The zero-order chi connectivity index (χ0) is 17.6. The Kier molecular flexibility index (Phi) is 6.80. The van der Waals surface area contributed by atoms with Crippen molar-refractivity contribution in [2.45, 2.75) is 6.92 Å². The molecule has 2 aromatic rings. The predicted molar refractivity (Wildman–Crippen MR) is 102 cm³/mol. The van der Waals surface area contributed by atoms with Gasteiger partial charge in [0.05, 0.1) is 12.1 Å². The van der Waals surface area contributed by atoms with Gasteiger partial charge in [-0.3, -0.25) is 0 Å². The molecule has 128 valence electrons. The molecule has 0 saturated heterocycles. The minimum atomic E-state index is -2.73. The Bertz CT molecular complexity index is 719. The Labute approximate surface area is 151 Å². The van der Waals surface area contributed by atoms with Crippen LogP contribution in [0.25, 0.3) is 0 Å². The molecule has 1 unspecified atom stereocenters. The maximum Gasteiger partial charge on any atom is 0.410 e. The van der Waals surface area contributed by atoms with Gasteiger partial charge in [-0.1, -0.05) is 43.3 Å². The highest BCUT2D eigenvalue weighted by Gasteiger charge is 2.32. The molecule has 0 radical (unpaired) electrons. The normalized spacial score (nSPS) is 13.3. The van der Waals surface area contributed by atoms with E-state index in [0.717, 1.165) is 21.7 Å². The Morgan fingerprint density at radius 3 is 2.21 bits per heavy atom. The Balaban J connectivity index is 2.41. The molecular formula is C16H18FN2O2PS2. The van der Waals surface area contributed by atoms with Gasteiger partial charge in [0.15, 0.2) is 0 Å². The van der Waals surface area contributed by atoms with E-state index in [-0.39, 0.29) is 0 Å². The van der Waals surface area contributed by atoms with E-state index in [1.807, 2.05) is 67.6 Å². The number of nitrogens with zero attached hydrogens (tertiary/aromatic N) is 2. The van der Waals surface area contributed by atoms with Crippen molar-refractivity contribution in [3.8, 4) is 5.75 Å². The molecule has 24 heavy (non-hydrogen) atoms. The summed E-state index contributed by atoms with van der Waals surface area (Å²) in [5, 5.41) is 0.831. The lowest BCUT2D eigenvalue weighted by Gasteiger charge is -2.34. The van der Waals surface area contributed by atoms with Crippen LogP contribution in [-0.2, 0) is 11.8 Å². The van der Waals surface area contributed by atoms with Gasteiger partial charge in [-0.15, -0.1) is 4.39 Å². The molecule has 4 nitrogen and oxygen atoms in total. The van der Waals surface area contributed by atoms with Gasteiger partial charge in [-0.2, -0.15) is 4.08 Å². The van der Waals surface area contributed by atoms with Crippen LogP contribution in [0.2, 0.25) is 0 Å². The lowest BCUT2D eigenvalue weighted by Crippen LogP contribution is -2.28. The smallest absolute Gasteiger partial charge is 0.410 e. The van der Waals surface area contributed by atoms with Gasteiger partial charge < -0.3 is 4.52 Å². The van der Waals surface area contributed by atoms with Crippen LogP contribution in [0, 0.1) is 0 Å². The van der Waals surface area contributed by atoms with Crippen LogP contribution in [-0.4, -0.2) is 28.1 Å². The molecule has 0 aromatic heterocycles. The second-order valence-electron chi connectivity index (χ2n) is 4.76. The number of halogens is 1. The van der Waals surface area contributed by atoms with E-state index in [9.17, 15) is 9.18 Å². The van der Waals surface area contributed by atoms with Crippen LogP contribution in [0.1, 0.15) is 6.92 Å². The number of benzene rings is 2. The molecule has 0 N–H and O–H groups in total. The third-order valence-electron chi connectivity index (χ3n) is 3.08. The Morgan fingerprint density at radius 1 is 1.17 bits per heavy atom. The number of amides is 1. The zero-order valence-electron chi connectivity index (χ0n) is 13.3. The maximum atomic E-state index is 13.0. The van der Waals surface area contributed by atoms with E-state index in [1.165, 1.54) is 7.05 Å². The molecule has 8 heteroatoms. The van der Waals surface area contributed by atoms with Crippen LogP contribution in [0.4, 0.5) is 9.18 Å². The first-order chi connectivity index (χ1) is 11.5. The molecule has 0 bridgehead atoms. The molecule has 0 spiro atoms. The number of carbonyl (C=O) groups is 1. The highest BCUT2D eigenvalue weighted by molar-refractivity contribution is 8.19. The molecule has 2 rings (SSSR count). The summed E-state index contributed by atoms with van der Waals surface area (Å²) in [6.07, 6.45) is -4.26. The summed E-state index contributed by atoms with van der Waals surface area (Å²) in [6, 6.07) is 18.7. The summed E-state index contributed by atoms with van der Waals surface area (Å²) >= 11 is 6.85. The second kappa shape index (κ2) is 8.62. The molecule has 2 aromatic carbocycles. The summed E-state index contributed by atoms with van der Waals surface area (Å²) in [6.45, 7) is 2.38. The molecule has 0 aliphatic carbocycles. The first kappa shape index (κ1) is 18.9. The zero-order valence-corrected chi connectivity index (χ0v) is 15.9. The number of hydrogen-bond donors (Lipinski definition) is 0. The molecule has 0 fully saturated rings. The van der Waals surface area contributed by atoms with E-state index in [2.05, 4.69) is 0 Å². The topological polar surface area (TPSA) is 32.8 Å². The monoisotopic (exact) mass is 384 g/mol. The fraction of sp³-hybridized carbons (Fsp3) is 0.188. The number of para-hydroxylation sites is 1. The van der Waals surface area contributed by atoms with E-state index in [0.29, 0.717) is 12.3 Å². The highest BCUT2D eigenvalue weighted by atomic mass is 32.5. The van der Waals surface area contributed by atoms with Crippen LogP contribution in [0.5, 0.6) is 5.75 Å². The van der Waals surface area contributed by atoms with Crippen molar-refractivity contribution in [1.29, 1.82) is 0 Å². The van der Waals surface area contributed by atoms with E-state index in [1.54, 1.807) is 4.08 Å². The maximum absolute atomic E-state index is 13.0. The minimum absolute atomic E-state index is 0.487. The van der Waals surface area contributed by atoms with Gasteiger partial charge in [0.2, 0.25) is 6.42 Å². The van der Waals surface area contributed by atoms with Crippen LogP contribution in [0.15, 0.2) is 60.7 Å². The quantitative estimate of drug-likeness (QED) is 0.301. The van der Waals surface area contributed by atoms with E-state index >= 15 is 0 Å². The minimum Gasteiger partial charge on any atom is -0.448 e. The Morgan fingerprint density at radius 2 is 1.71 bits per heavy atom. The average Bonchev–Trinajstić information content (AvgIpc) is 2.60. The lowest BCUT2D eigenvalue weighted by molar-refractivity contribution is 0.209. The van der Waals surface area contributed by atoms with Crippen molar-refractivity contribution < 1.29 is 13.7 Å². The van der Waals surface area contributed by atoms with Crippen LogP contribution < -0.4 is 9.83 Å². The van der Waals surface area contributed by atoms with Crippen LogP contribution >= 0.6 is 18.5 Å². The average molecular weight is 384 g/mol. The number of rotatable bonds is 7. The first-order valence-electron chi connectivity index (χ1n) is 7.27. The third kappa shape index (κ3) is 4.57. The van der Waals surface area contributed by atoms with E-state index < -0.39 is 12.6 Å². The number of carbonyl (C=O) groups excluding carboxylic acids is 1. The standard InChI is InChI=1S/C16H18FN2O2PS2/c1-3-19(24-18(2)16(17)20)22(23,15-12-8-5-9-13-15)21-14-10-6-4-7-11-14/h4-13H,3H2,1-2H3. The van der Waals surface area contributed by atoms with Crippen molar-refractivity contribution in [3.63, 3.8) is 0 Å². The molecule has 0 aliphatic rings. The van der Waals surface area contributed by atoms with Crippen molar-refractivity contribution in [2.75, 3.05) is 13.6 Å². The first-order valence-corrected chi connectivity index (χ1v) is 10.7. The molecule has 0 aliphatic heterocycles.